The quantitative estimate of drug-likeness (QED) is 0.599. The molecule has 1 heteroatoms. The van der Waals surface area contributed by atoms with E-state index in [0.29, 0.717) is 5.41 Å². The van der Waals surface area contributed by atoms with E-state index in [-0.39, 0.29) is 0 Å². The number of unbranched alkanes of at least 4 members (excludes halogenated alkanes) is 5. The molecule has 1 aliphatic rings. The zero-order valence-corrected chi connectivity index (χ0v) is 12.1. The van der Waals surface area contributed by atoms with Crippen LogP contribution in [0.4, 0.5) is 0 Å². The van der Waals surface area contributed by atoms with E-state index in [1.54, 1.807) is 0 Å². The first-order chi connectivity index (χ1) is 8.22. The highest BCUT2D eigenvalue weighted by atomic mass is 14.6. The molecule has 1 fully saturated rings. The molecule has 0 saturated heterocycles. The molecular formula is C16H33N. The van der Waals surface area contributed by atoms with Gasteiger partial charge in [0.15, 0.2) is 0 Å². The van der Waals surface area contributed by atoms with E-state index in [0.717, 1.165) is 12.5 Å². The summed E-state index contributed by atoms with van der Waals surface area (Å²) in [6, 6.07) is 0. The Morgan fingerprint density at radius 1 is 1.00 bits per heavy atom. The van der Waals surface area contributed by atoms with Crippen LogP contribution in [0.15, 0.2) is 0 Å². The maximum absolute atomic E-state index is 6.05. The molecule has 2 N–H and O–H groups in total. The molecule has 0 aliphatic heterocycles. The van der Waals surface area contributed by atoms with Gasteiger partial charge in [0, 0.05) is 0 Å². The second-order valence-corrected chi connectivity index (χ2v) is 6.40. The Morgan fingerprint density at radius 3 is 2.18 bits per heavy atom. The molecule has 0 spiro atoms. The molecule has 17 heavy (non-hydrogen) atoms. The maximum Gasteiger partial charge on any atom is -0.00205 e. The third-order valence-corrected chi connectivity index (χ3v) is 4.83. The lowest BCUT2D eigenvalue weighted by atomic mass is 9.68. The van der Waals surface area contributed by atoms with Crippen LogP contribution >= 0.6 is 0 Å². The Balaban J connectivity index is 2.14. The summed E-state index contributed by atoms with van der Waals surface area (Å²) in [6.07, 6.45) is 15.5. The summed E-state index contributed by atoms with van der Waals surface area (Å²) < 4.78 is 0. The van der Waals surface area contributed by atoms with Gasteiger partial charge < -0.3 is 5.73 Å². The SMILES string of the molecule is CCCCCCCCC1(CN)CCC(C)CC1. The van der Waals surface area contributed by atoms with Gasteiger partial charge in [-0.15, -0.1) is 0 Å². The van der Waals surface area contributed by atoms with Crippen molar-refractivity contribution in [2.75, 3.05) is 6.54 Å². The predicted molar refractivity (Wildman–Crippen MR) is 77.1 cm³/mol. The molecule has 0 unspecified atom stereocenters. The van der Waals surface area contributed by atoms with Crippen molar-refractivity contribution in [2.45, 2.75) is 84.5 Å². The van der Waals surface area contributed by atoms with Gasteiger partial charge in [-0.3, -0.25) is 0 Å². The third-order valence-electron chi connectivity index (χ3n) is 4.83. The summed E-state index contributed by atoms with van der Waals surface area (Å²) in [4.78, 5) is 0. The van der Waals surface area contributed by atoms with E-state index < -0.39 is 0 Å². The van der Waals surface area contributed by atoms with Crippen LogP contribution in [-0.4, -0.2) is 6.54 Å². The van der Waals surface area contributed by atoms with Crippen LogP contribution in [0.25, 0.3) is 0 Å². The standard InChI is InChI=1S/C16H33N/c1-3-4-5-6-7-8-11-16(14-17)12-9-15(2)10-13-16/h15H,3-14,17H2,1-2H3. The van der Waals surface area contributed by atoms with Gasteiger partial charge in [0.05, 0.1) is 0 Å². The van der Waals surface area contributed by atoms with Gasteiger partial charge in [0.25, 0.3) is 0 Å². The van der Waals surface area contributed by atoms with Gasteiger partial charge in [0.2, 0.25) is 0 Å². The van der Waals surface area contributed by atoms with E-state index >= 15 is 0 Å². The molecule has 0 atom stereocenters. The van der Waals surface area contributed by atoms with Gasteiger partial charge in [-0.2, -0.15) is 0 Å². The van der Waals surface area contributed by atoms with Gasteiger partial charge in [0.1, 0.15) is 0 Å². The summed E-state index contributed by atoms with van der Waals surface area (Å²) in [7, 11) is 0. The molecule has 0 heterocycles. The fourth-order valence-electron chi connectivity index (χ4n) is 3.21. The Hall–Kier alpha value is -0.0400. The van der Waals surface area contributed by atoms with Crippen molar-refractivity contribution >= 4 is 0 Å². The second kappa shape index (κ2) is 8.13. The summed E-state index contributed by atoms with van der Waals surface area (Å²) in [5.41, 5.74) is 6.57. The van der Waals surface area contributed by atoms with Crippen molar-refractivity contribution in [3.8, 4) is 0 Å². The van der Waals surface area contributed by atoms with Crippen LogP contribution in [-0.2, 0) is 0 Å². The highest BCUT2D eigenvalue weighted by molar-refractivity contribution is 4.85. The van der Waals surface area contributed by atoms with Crippen LogP contribution in [0.1, 0.15) is 84.5 Å². The summed E-state index contributed by atoms with van der Waals surface area (Å²) >= 11 is 0. The van der Waals surface area contributed by atoms with Gasteiger partial charge in [-0.05, 0) is 37.1 Å². The maximum atomic E-state index is 6.05. The topological polar surface area (TPSA) is 26.0 Å². The Labute approximate surface area is 109 Å². The zero-order valence-electron chi connectivity index (χ0n) is 12.1. The normalized spacial score (nSPS) is 29.5. The van der Waals surface area contributed by atoms with Crippen molar-refractivity contribution in [3.05, 3.63) is 0 Å². The van der Waals surface area contributed by atoms with E-state index in [1.165, 1.54) is 70.6 Å². The Kier molecular flexibility index (Phi) is 7.18. The second-order valence-electron chi connectivity index (χ2n) is 6.40. The minimum Gasteiger partial charge on any atom is -0.330 e. The lowest BCUT2D eigenvalue weighted by Crippen LogP contribution is -2.34. The Morgan fingerprint density at radius 2 is 1.59 bits per heavy atom. The lowest BCUT2D eigenvalue weighted by Gasteiger charge is -2.38. The van der Waals surface area contributed by atoms with Crippen molar-refractivity contribution in [2.24, 2.45) is 17.1 Å². The average Bonchev–Trinajstić information content (AvgIpc) is 2.36. The predicted octanol–water partition coefficient (Wildman–Crippen LogP) is 4.89. The van der Waals surface area contributed by atoms with Crippen molar-refractivity contribution in [1.82, 2.24) is 0 Å². The third kappa shape index (κ3) is 5.42. The van der Waals surface area contributed by atoms with Crippen molar-refractivity contribution < 1.29 is 0 Å². The molecule has 1 saturated carbocycles. The van der Waals surface area contributed by atoms with E-state index in [9.17, 15) is 0 Å². The zero-order chi connectivity index (χ0) is 12.6. The molecule has 0 aromatic rings. The molecule has 0 bridgehead atoms. The number of hydrogen-bond donors (Lipinski definition) is 1. The number of rotatable bonds is 8. The van der Waals surface area contributed by atoms with Gasteiger partial charge in [-0.25, -0.2) is 0 Å². The largest absolute Gasteiger partial charge is 0.330 e. The minimum atomic E-state index is 0.525. The van der Waals surface area contributed by atoms with Crippen molar-refractivity contribution in [1.29, 1.82) is 0 Å². The van der Waals surface area contributed by atoms with Crippen LogP contribution in [0, 0.1) is 11.3 Å². The van der Waals surface area contributed by atoms with Gasteiger partial charge >= 0.3 is 0 Å². The molecule has 0 amide bonds. The van der Waals surface area contributed by atoms with E-state index in [1.807, 2.05) is 0 Å². The molecule has 1 rings (SSSR count). The number of hydrogen-bond acceptors (Lipinski definition) is 1. The smallest absolute Gasteiger partial charge is 0.00205 e. The first kappa shape index (κ1) is 15.0. The van der Waals surface area contributed by atoms with Crippen LogP contribution < -0.4 is 5.73 Å². The first-order valence-corrected chi connectivity index (χ1v) is 7.92. The summed E-state index contributed by atoms with van der Waals surface area (Å²) in [5.74, 6) is 0.944. The molecule has 0 aromatic carbocycles. The molecular weight excluding hydrogens is 206 g/mol. The molecule has 1 aliphatic carbocycles. The summed E-state index contributed by atoms with van der Waals surface area (Å²) in [6.45, 7) is 5.60. The van der Waals surface area contributed by atoms with E-state index in [4.69, 9.17) is 5.73 Å². The first-order valence-electron chi connectivity index (χ1n) is 7.92. The van der Waals surface area contributed by atoms with Crippen molar-refractivity contribution in [3.63, 3.8) is 0 Å². The Bertz CT molecular complexity index is 180. The average molecular weight is 239 g/mol. The molecule has 102 valence electrons. The van der Waals surface area contributed by atoms with Crippen LogP contribution in [0.2, 0.25) is 0 Å². The minimum absolute atomic E-state index is 0.525. The number of nitrogens with two attached hydrogens (primary N) is 1. The summed E-state index contributed by atoms with van der Waals surface area (Å²) in [5, 5.41) is 0. The molecule has 0 radical (unpaired) electrons. The van der Waals surface area contributed by atoms with Crippen LogP contribution in [0.5, 0.6) is 0 Å². The molecule has 1 nitrogen and oxygen atoms in total. The molecule has 0 aromatic heterocycles. The van der Waals surface area contributed by atoms with E-state index in [2.05, 4.69) is 13.8 Å². The van der Waals surface area contributed by atoms with Gasteiger partial charge in [-0.1, -0.05) is 65.2 Å². The fourth-order valence-corrected chi connectivity index (χ4v) is 3.21. The monoisotopic (exact) mass is 239 g/mol. The highest BCUT2D eigenvalue weighted by Crippen LogP contribution is 2.41. The van der Waals surface area contributed by atoms with Crippen LogP contribution in [0.3, 0.4) is 0 Å². The fraction of sp³-hybridized carbons (Fsp3) is 1.00. The lowest BCUT2D eigenvalue weighted by molar-refractivity contribution is 0.146. The highest BCUT2D eigenvalue weighted by Gasteiger charge is 2.31.